The molecule has 2 aliphatic heterocycles. The zero-order chi connectivity index (χ0) is 31.2. The van der Waals surface area contributed by atoms with Gasteiger partial charge in [-0.15, -0.1) is 0 Å². The van der Waals surface area contributed by atoms with Gasteiger partial charge < -0.3 is 29.3 Å². The van der Waals surface area contributed by atoms with Gasteiger partial charge in [0.2, 0.25) is 27.7 Å². The quantitative estimate of drug-likeness (QED) is 0.315. The van der Waals surface area contributed by atoms with Gasteiger partial charge in [-0.2, -0.15) is 9.97 Å². The Bertz CT molecular complexity index is 1540. The predicted octanol–water partition coefficient (Wildman–Crippen LogP) is 2.06. The highest BCUT2D eigenvalue weighted by atomic mass is 32.2. The second-order valence-corrected chi connectivity index (χ2v) is 13.7. The molecule has 5 heterocycles. The minimum Gasteiger partial charge on any atom is -0.476 e. The van der Waals surface area contributed by atoms with E-state index in [2.05, 4.69) is 46.7 Å². The Morgan fingerprint density at radius 3 is 2.53 bits per heavy atom. The van der Waals surface area contributed by atoms with Crippen molar-refractivity contribution in [1.82, 2.24) is 29.7 Å². The number of pyridine rings is 2. The Balaban J connectivity index is 1.07. The van der Waals surface area contributed by atoms with Crippen molar-refractivity contribution in [2.24, 2.45) is 0 Å². The van der Waals surface area contributed by atoms with Crippen LogP contribution in [0.2, 0.25) is 0 Å². The van der Waals surface area contributed by atoms with Gasteiger partial charge in [-0.3, -0.25) is 14.6 Å². The van der Waals surface area contributed by atoms with Gasteiger partial charge in [0.05, 0.1) is 42.3 Å². The van der Waals surface area contributed by atoms with Crippen LogP contribution in [-0.2, 0) is 14.8 Å². The van der Waals surface area contributed by atoms with Crippen LogP contribution in [0.1, 0.15) is 25.7 Å². The van der Waals surface area contributed by atoms with E-state index in [9.17, 15) is 8.42 Å². The number of aromatic nitrogens is 4. The lowest BCUT2D eigenvalue weighted by Gasteiger charge is -2.32. The SMILES string of the molecule is CN1CCN(CCOc2ccnc(NC3CCC(Oc4nc(N5CCOCC5)cc5ncc(NS(C)(=O)=O)cc45)CC3)n2)CC1. The summed E-state index contributed by atoms with van der Waals surface area (Å²) >= 11 is 0. The van der Waals surface area contributed by atoms with E-state index in [1.807, 2.05) is 6.07 Å². The van der Waals surface area contributed by atoms with E-state index in [1.165, 1.54) is 6.20 Å². The number of nitrogens with zero attached hydrogens (tertiary/aromatic N) is 7. The Kier molecular flexibility index (Phi) is 9.97. The molecule has 3 aromatic heterocycles. The van der Waals surface area contributed by atoms with Gasteiger partial charge in [0.25, 0.3) is 0 Å². The second-order valence-electron chi connectivity index (χ2n) is 12.0. The molecule has 244 valence electrons. The highest BCUT2D eigenvalue weighted by Crippen LogP contribution is 2.33. The predicted molar refractivity (Wildman–Crippen MR) is 173 cm³/mol. The Morgan fingerprint density at radius 1 is 1.00 bits per heavy atom. The third-order valence-electron chi connectivity index (χ3n) is 8.44. The van der Waals surface area contributed by atoms with Crippen LogP contribution in [0.4, 0.5) is 17.5 Å². The molecule has 1 aliphatic carbocycles. The number of likely N-dealkylation sites (N-methyl/N-ethyl adjacent to an activating group) is 1. The van der Waals surface area contributed by atoms with Gasteiger partial charge >= 0.3 is 0 Å². The molecule has 15 heteroatoms. The van der Waals surface area contributed by atoms with E-state index in [4.69, 9.17) is 19.2 Å². The third kappa shape index (κ3) is 8.81. The number of rotatable bonds is 11. The number of anilines is 3. The summed E-state index contributed by atoms with van der Waals surface area (Å²) in [5.41, 5.74) is 1.06. The van der Waals surface area contributed by atoms with E-state index < -0.39 is 10.0 Å². The average molecular weight is 642 g/mol. The van der Waals surface area contributed by atoms with Crippen molar-refractivity contribution in [3.05, 3.63) is 30.6 Å². The van der Waals surface area contributed by atoms with Crippen molar-refractivity contribution in [3.63, 3.8) is 0 Å². The number of hydrogen-bond donors (Lipinski definition) is 2. The maximum atomic E-state index is 11.9. The molecule has 2 N–H and O–H groups in total. The van der Waals surface area contributed by atoms with Crippen LogP contribution in [0.3, 0.4) is 0 Å². The third-order valence-corrected chi connectivity index (χ3v) is 9.04. The van der Waals surface area contributed by atoms with Crippen LogP contribution >= 0.6 is 0 Å². The fourth-order valence-electron chi connectivity index (χ4n) is 5.90. The highest BCUT2D eigenvalue weighted by molar-refractivity contribution is 7.92. The van der Waals surface area contributed by atoms with Crippen LogP contribution in [-0.4, -0.2) is 129 Å². The van der Waals surface area contributed by atoms with E-state index >= 15 is 0 Å². The van der Waals surface area contributed by atoms with Crippen LogP contribution < -0.4 is 24.4 Å². The second kappa shape index (κ2) is 14.3. The van der Waals surface area contributed by atoms with Crippen molar-refractivity contribution in [2.45, 2.75) is 37.8 Å². The first kappa shape index (κ1) is 31.5. The Hall–Kier alpha value is -3.53. The maximum absolute atomic E-state index is 11.9. The summed E-state index contributed by atoms with van der Waals surface area (Å²) in [6.07, 6.45) is 7.71. The average Bonchev–Trinajstić information content (AvgIpc) is 3.03. The Morgan fingerprint density at radius 2 is 1.78 bits per heavy atom. The lowest BCUT2D eigenvalue weighted by atomic mass is 9.93. The monoisotopic (exact) mass is 641 g/mol. The smallest absolute Gasteiger partial charge is 0.229 e. The molecule has 0 bridgehead atoms. The first-order valence-corrected chi connectivity index (χ1v) is 17.6. The van der Waals surface area contributed by atoms with Crippen LogP contribution in [0.5, 0.6) is 11.8 Å². The molecule has 6 rings (SSSR count). The zero-order valence-corrected chi connectivity index (χ0v) is 26.8. The standard InChI is InChI=1S/C30H43N9O5S/c1-37-9-11-38(12-10-37)13-18-43-28-7-8-31-30(35-28)33-22-3-5-24(6-4-22)44-29-25-19-23(36-45(2,40)41)21-32-26(25)20-27(34-29)39-14-16-42-17-15-39/h7-8,19-22,24,36H,3-6,9-18H2,1-2H3,(H,31,33,35). The van der Waals surface area contributed by atoms with E-state index in [0.717, 1.165) is 83.6 Å². The summed E-state index contributed by atoms with van der Waals surface area (Å²) in [5, 5.41) is 4.14. The topological polar surface area (TPSA) is 147 Å². The highest BCUT2D eigenvalue weighted by Gasteiger charge is 2.25. The molecule has 0 radical (unpaired) electrons. The molecular weight excluding hydrogens is 598 g/mol. The molecule has 3 aromatic rings. The van der Waals surface area contributed by atoms with Crippen molar-refractivity contribution < 1.29 is 22.6 Å². The van der Waals surface area contributed by atoms with Crippen molar-refractivity contribution >= 4 is 38.4 Å². The molecule has 0 unspecified atom stereocenters. The minimum atomic E-state index is -3.46. The molecule has 0 amide bonds. The first-order valence-electron chi connectivity index (χ1n) is 15.7. The van der Waals surface area contributed by atoms with Crippen LogP contribution in [0.15, 0.2) is 30.6 Å². The minimum absolute atomic E-state index is 0.0460. The Labute approximate surface area is 264 Å². The fourth-order valence-corrected chi connectivity index (χ4v) is 6.44. The molecule has 14 nitrogen and oxygen atoms in total. The lowest BCUT2D eigenvalue weighted by Crippen LogP contribution is -2.45. The molecule has 1 saturated carbocycles. The first-order chi connectivity index (χ1) is 21.8. The summed E-state index contributed by atoms with van der Waals surface area (Å²) in [6, 6.07) is 5.66. The zero-order valence-electron chi connectivity index (χ0n) is 26.0. The molecule has 2 saturated heterocycles. The van der Waals surface area contributed by atoms with Gasteiger partial charge in [-0.25, -0.2) is 13.4 Å². The summed E-state index contributed by atoms with van der Waals surface area (Å²) in [6.45, 7) is 8.50. The molecular formula is C30H43N9O5S. The van der Waals surface area contributed by atoms with Crippen LogP contribution in [0, 0.1) is 0 Å². The van der Waals surface area contributed by atoms with Crippen molar-refractivity contribution in [2.75, 3.05) is 93.9 Å². The summed E-state index contributed by atoms with van der Waals surface area (Å²) in [4.78, 5) is 25.4. The fraction of sp³-hybridized carbons (Fsp3) is 0.600. The van der Waals surface area contributed by atoms with Gasteiger partial charge in [0, 0.05) is 70.2 Å². The number of ether oxygens (including phenoxy) is 3. The van der Waals surface area contributed by atoms with Crippen molar-refractivity contribution in [3.8, 4) is 11.8 Å². The molecule has 0 aromatic carbocycles. The summed E-state index contributed by atoms with van der Waals surface area (Å²) < 4.78 is 44.2. The van der Waals surface area contributed by atoms with Gasteiger partial charge in [-0.1, -0.05) is 0 Å². The summed E-state index contributed by atoms with van der Waals surface area (Å²) in [7, 11) is -1.30. The van der Waals surface area contributed by atoms with Crippen molar-refractivity contribution in [1.29, 1.82) is 0 Å². The molecule has 3 aliphatic rings. The summed E-state index contributed by atoms with van der Waals surface area (Å²) in [5.74, 6) is 2.38. The number of sulfonamides is 1. The van der Waals surface area contributed by atoms with E-state index in [-0.39, 0.29) is 12.1 Å². The van der Waals surface area contributed by atoms with Crippen LogP contribution in [0.25, 0.3) is 10.9 Å². The molecule has 45 heavy (non-hydrogen) atoms. The number of fused-ring (bicyclic) bond motifs is 1. The van der Waals surface area contributed by atoms with E-state index in [1.54, 1.807) is 18.3 Å². The van der Waals surface area contributed by atoms with Gasteiger partial charge in [0.1, 0.15) is 18.5 Å². The number of hydrogen-bond acceptors (Lipinski definition) is 13. The normalized spacial score (nSPS) is 21.9. The van der Waals surface area contributed by atoms with Gasteiger partial charge in [0.15, 0.2) is 0 Å². The lowest BCUT2D eigenvalue weighted by molar-refractivity contribution is 0.122. The number of nitrogens with one attached hydrogen (secondary N) is 2. The van der Waals surface area contributed by atoms with E-state index in [0.29, 0.717) is 54.1 Å². The largest absolute Gasteiger partial charge is 0.476 e. The van der Waals surface area contributed by atoms with Gasteiger partial charge in [-0.05, 0) is 38.8 Å². The molecule has 0 spiro atoms. The maximum Gasteiger partial charge on any atom is 0.229 e. The molecule has 3 fully saturated rings. The molecule has 0 atom stereocenters. The number of piperazine rings is 1. The number of morpholine rings is 1.